The Kier molecular flexibility index (Phi) is 5.17. The summed E-state index contributed by atoms with van der Waals surface area (Å²) in [6.45, 7) is 1.75. The molecule has 0 unspecified atom stereocenters. The molecule has 0 aliphatic carbocycles. The summed E-state index contributed by atoms with van der Waals surface area (Å²) in [6.07, 6.45) is 4.36. The minimum Gasteiger partial charge on any atom is -0.220 e. The fourth-order valence-electron chi connectivity index (χ4n) is 2.97. The second-order valence-corrected chi connectivity index (χ2v) is 7.26. The highest BCUT2D eigenvalue weighted by Crippen LogP contribution is 2.25. The van der Waals surface area contributed by atoms with Gasteiger partial charge in [0.1, 0.15) is 25.5 Å². The van der Waals surface area contributed by atoms with Crippen LogP contribution in [0.5, 0.6) is 0 Å². The lowest BCUT2D eigenvalue weighted by atomic mass is 10.2. The molecule has 2 nitrogen and oxygen atoms in total. The van der Waals surface area contributed by atoms with Crippen LogP contribution in [0.1, 0.15) is 11.1 Å². The van der Waals surface area contributed by atoms with Gasteiger partial charge in [-0.05, 0) is 35.0 Å². The molecular weight excluding hydrogens is 336 g/mol. The molecule has 4 aromatic rings. The SMILES string of the molecule is c1ccc(Cn2cc[n+](Cc3ccccc3)c2Sc2ccccc2)cc1. The van der Waals surface area contributed by atoms with Gasteiger partial charge in [0.2, 0.25) is 0 Å². The van der Waals surface area contributed by atoms with E-state index in [1.54, 1.807) is 0 Å². The van der Waals surface area contributed by atoms with E-state index in [2.05, 4.69) is 113 Å². The molecule has 3 aromatic carbocycles. The zero-order chi connectivity index (χ0) is 17.6. The summed E-state index contributed by atoms with van der Waals surface area (Å²) >= 11 is 1.81. The molecule has 0 bridgehead atoms. The first-order valence-electron chi connectivity index (χ1n) is 8.78. The molecule has 0 saturated heterocycles. The Morgan fingerprint density at radius 1 is 0.692 bits per heavy atom. The van der Waals surface area contributed by atoms with Crippen LogP contribution in [0.25, 0.3) is 0 Å². The monoisotopic (exact) mass is 357 g/mol. The summed E-state index contributed by atoms with van der Waals surface area (Å²) < 4.78 is 4.66. The Morgan fingerprint density at radius 2 is 1.27 bits per heavy atom. The fraction of sp³-hybridized carbons (Fsp3) is 0.0870. The number of nitrogens with zero attached hydrogens (tertiary/aromatic N) is 2. The largest absolute Gasteiger partial charge is 0.323 e. The molecule has 0 aliphatic heterocycles. The molecule has 1 heterocycles. The van der Waals surface area contributed by atoms with Gasteiger partial charge in [-0.2, -0.15) is 0 Å². The topological polar surface area (TPSA) is 8.81 Å². The second-order valence-electron chi connectivity index (χ2n) is 6.22. The number of imidazole rings is 1. The molecule has 0 saturated carbocycles. The van der Waals surface area contributed by atoms with Gasteiger partial charge in [0.05, 0.1) is 0 Å². The van der Waals surface area contributed by atoms with E-state index in [0.717, 1.165) is 13.1 Å². The highest BCUT2D eigenvalue weighted by Gasteiger charge is 2.19. The standard InChI is InChI=1S/C23H21N2S/c1-4-10-20(11-5-1)18-24-16-17-25(19-21-12-6-2-7-13-21)23(24)26-22-14-8-3-9-15-22/h1-17H,18-19H2/q+1. The van der Waals surface area contributed by atoms with Gasteiger partial charge in [0.25, 0.3) is 0 Å². The Labute approximate surface area is 158 Å². The van der Waals surface area contributed by atoms with Crippen molar-refractivity contribution in [2.24, 2.45) is 0 Å². The predicted molar refractivity (Wildman–Crippen MR) is 106 cm³/mol. The molecule has 1 aromatic heterocycles. The summed E-state index contributed by atoms with van der Waals surface area (Å²) in [5, 5.41) is 1.24. The van der Waals surface area contributed by atoms with Crippen LogP contribution >= 0.6 is 11.8 Å². The molecule has 0 fully saturated rings. The maximum Gasteiger partial charge on any atom is 0.323 e. The fourth-order valence-corrected chi connectivity index (χ4v) is 3.95. The van der Waals surface area contributed by atoms with E-state index in [9.17, 15) is 0 Å². The van der Waals surface area contributed by atoms with Gasteiger partial charge in [0, 0.05) is 4.90 Å². The van der Waals surface area contributed by atoms with Crippen LogP contribution in [-0.2, 0) is 13.1 Å². The molecule has 3 heteroatoms. The number of benzene rings is 3. The predicted octanol–water partition coefficient (Wildman–Crippen LogP) is 5.02. The molecule has 0 atom stereocenters. The van der Waals surface area contributed by atoms with Crippen LogP contribution in [0.4, 0.5) is 0 Å². The van der Waals surface area contributed by atoms with Crippen LogP contribution in [0.2, 0.25) is 0 Å². The smallest absolute Gasteiger partial charge is 0.220 e. The van der Waals surface area contributed by atoms with Crippen molar-refractivity contribution in [2.45, 2.75) is 23.1 Å². The van der Waals surface area contributed by atoms with Crippen molar-refractivity contribution in [3.63, 3.8) is 0 Å². The van der Waals surface area contributed by atoms with E-state index >= 15 is 0 Å². The molecule has 128 valence electrons. The molecule has 0 radical (unpaired) electrons. The van der Waals surface area contributed by atoms with E-state index in [1.165, 1.54) is 21.2 Å². The average Bonchev–Trinajstić information content (AvgIpc) is 3.05. The Hall–Kier alpha value is -2.78. The first kappa shape index (κ1) is 16.7. The number of aromatic nitrogens is 2. The first-order chi connectivity index (χ1) is 12.9. The molecule has 0 amide bonds. The van der Waals surface area contributed by atoms with Crippen molar-refractivity contribution >= 4 is 11.8 Å². The van der Waals surface area contributed by atoms with E-state index < -0.39 is 0 Å². The maximum atomic E-state index is 2.33. The van der Waals surface area contributed by atoms with Crippen LogP contribution in [-0.4, -0.2) is 4.57 Å². The van der Waals surface area contributed by atoms with Crippen LogP contribution in [0.15, 0.2) is 113 Å². The van der Waals surface area contributed by atoms with E-state index in [1.807, 2.05) is 11.8 Å². The van der Waals surface area contributed by atoms with Crippen LogP contribution in [0.3, 0.4) is 0 Å². The van der Waals surface area contributed by atoms with Crippen molar-refractivity contribution in [1.29, 1.82) is 0 Å². The third kappa shape index (κ3) is 4.06. The lowest BCUT2D eigenvalue weighted by Crippen LogP contribution is -2.35. The first-order valence-corrected chi connectivity index (χ1v) is 9.59. The minimum absolute atomic E-state index is 0.873. The number of hydrogen-bond acceptors (Lipinski definition) is 1. The lowest BCUT2D eigenvalue weighted by Gasteiger charge is -2.06. The average molecular weight is 358 g/mol. The van der Waals surface area contributed by atoms with E-state index in [4.69, 9.17) is 0 Å². The Balaban J connectivity index is 1.67. The van der Waals surface area contributed by atoms with E-state index in [0.29, 0.717) is 0 Å². The third-order valence-corrected chi connectivity index (χ3v) is 5.42. The van der Waals surface area contributed by atoms with Crippen LogP contribution in [0, 0.1) is 0 Å². The molecule has 0 N–H and O–H groups in total. The van der Waals surface area contributed by atoms with Crippen molar-refractivity contribution in [2.75, 3.05) is 0 Å². The molecule has 0 aliphatic rings. The van der Waals surface area contributed by atoms with Gasteiger partial charge in [-0.1, -0.05) is 78.9 Å². The Bertz CT molecular complexity index is 888. The summed E-state index contributed by atoms with van der Waals surface area (Å²) in [7, 11) is 0. The zero-order valence-electron chi connectivity index (χ0n) is 14.5. The lowest BCUT2D eigenvalue weighted by molar-refractivity contribution is -0.725. The zero-order valence-corrected chi connectivity index (χ0v) is 15.3. The Morgan fingerprint density at radius 3 is 1.92 bits per heavy atom. The number of hydrogen-bond donors (Lipinski definition) is 0. The quantitative estimate of drug-likeness (QED) is 0.440. The van der Waals surface area contributed by atoms with Gasteiger partial charge < -0.3 is 0 Å². The van der Waals surface area contributed by atoms with Gasteiger partial charge in [0.15, 0.2) is 0 Å². The molecule has 4 rings (SSSR count). The van der Waals surface area contributed by atoms with Crippen molar-refractivity contribution in [3.05, 3.63) is 115 Å². The summed E-state index contributed by atoms with van der Waals surface area (Å²) in [5.41, 5.74) is 2.62. The number of rotatable bonds is 6. The van der Waals surface area contributed by atoms with Gasteiger partial charge >= 0.3 is 5.16 Å². The van der Waals surface area contributed by atoms with Crippen LogP contribution < -0.4 is 4.57 Å². The highest BCUT2D eigenvalue weighted by atomic mass is 32.2. The van der Waals surface area contributed by atoms with E-state index in [-0.39, 0.29) is 0 Å². The third-order valence-electron chi connectivity index (χ3n) is 4.26. The molecular formula is C23H21N2S+. The normalized spacial score (nSPS) is 10.8. The van der Waals surface area contributed by atoms with Gasteiger partial charge in [-0.25, -0.2) is 9.13 Å². The minimum atomic E-state index is 0.873. The highest BCUT2D eigenvalue weighted by molar-refractivity contribution is 7.99. The van der Waals surface area contributed by atoms with Gasteiger partial charge in [-0.3, -0.25) is 0 Å². The van der Waals surface area contributed by atoms with Crippen molar-refractivity contribution < 1.29 is 4.57 Å². The molecule has 26 heavy (non-hydrogen) atoms. The summed E-state index contributed by atoms with van der Waals surface area (Å²) in [6, 6.07) is 31.8. The summed E-state index contributed by atoms with van der Waals surface area (Å²) in [5.74, 6) is 0. The summed E-state index contributed by atoms with van der Waals surface area (Å²) in [4.78, 5) is 1.25. The van der Waals surface area contributed by atoms with Gasteiger partial charge in [-0.15, -0.1) is 0 Å². The second kappa shape index (κ2) is 8.07. The molecule has 0 spiro atoms. The maximum absolute atomic E-state index is 2.33. The van der Waals surface area contributed by atoms with Crippen molar-refractivity contribution in [1.82, 2.24) is 4.57 Å². The van der Waals surface area contributed by atoms with Crippen molar-refractivity contribution in [3.8, 4) is 0 Å².